The molecule has 0 aliphatic heterocycles. The summed E-state index contributed by atoms with van der Waals surface area (Å²) in [6.45, 7) is 3.00. The number of hydrogen-bond acceptors (Lipinski definition) is 5. The fraction of sp³-hybridized carbons (Fsp3) is 0.450. The summed E-state index contributed by atoms with van der Waals surface area (Å²) in [5, 5.41) is 21.1. The maximum atomic E-state index is 12.2. The van der Waals surface area contributed by atoms with Gasteiger partial charge in [0.2, 0.25) is 0 Å². The summed E-state index contributed by atoms with van der Waals surface area (Å²) in [6.07, 6.45) is 3.76. The molecule has 0 unspecified atom stereocenters. The topological polar surface area (TPSA) is 134 Å². The Bertz CT molecular complexity index is 744. The van der Waals surface area contributed by atoms with Crippen molar-refractivity contribution in [3.05, 3.63) is 41.0 Å². The van der Waals surface area contributed by atoms with Crippen molar-refractivity contribution in [1.29, 1.82) is 0 Å². The molecule has 1 aliphatic carbocycles. The van der Waals surface area contributed by atoms with Gasteiger partial charge in [0.1, 0.15) is 6.04 Å². The van der Waals surface area contributed by atoms with Gasteiger partial charge in [-0.15, -0.1) is 0 Å². The van der Waals surface area contributed by atoms with E-state index in [4.69, 9.17) is 9.90 Å². The molecule has 2 atom stereocenters. The van der Waals surface area contributed by atoms with Crippen molar-refractivity contribution < 1.29 is 30.3 Å². The van der Waals surface area contributed by atoms with Crippen LogP contribution in [0.15, 0.2) is 29.8 Å². The molecule has 0 saturated carbocycles. The highest BCUT2D eigenvalue weighted by molar-refractivity contribution is 7.98. The Hall–Kier alpha value is -2.32. The van der Waals surface area contributed by atoms with Crippen LogP contribution in [0.2, 0.25) is 0 Å². The van der Waals surface area contributed by atoms with Gasteiger partial charge in [0.05, 0.1) is 0 Å². The number of nitrogens with one attached hydrogen (secondary N) is 1. The Morgan fingerprint density at radius 3 is 2.50 bits per heavy atom. The molecule has 1 aromatic rings. The number of benzene rings is 1. The molecule has 1 aromatic carbocycles. The second-order valence-electron chi connectivity index (χ2n) is 6.67. The van der Waals surface area contributed by atoms with E-state index in [9.17, 15) is 14.7 Å². The van der Waals surface area contributed by atoms with Crippen LogP contribution >= 0.6 is 11.8 Å². The van der Waals surface area contributed by atoms with Crippen molar-refractivity contribution in [2.45, 2.75) is 45.2 Å². The maximum Gasteiger partial charge on any atom is 0.326 e. The second-order valence-corrected chi connectivity index (χ2v) is 7.65. The van der Waals surface area contributed by atoms with Gasteiger partial charge in [0.25, 0.3) is 5.91 Å². The molecule has 2 rings (SSSR count). The lowest BCUT2D eigenvalue weighted by molar-refractivity contribution is -0.404. The van der Waals surface area contributed by atoms with E-state index in [0.717, 1.165) is 30.2 Å². The zero-order chi connectivity index (χ0) is 21.3. The molecule has 1 aliphatic rings. The van der Waals surface area contributed by atoms with E-state index >= 15 is 0 Å². The van der Waals surface area contributed by atoms with Gasteiger partial charge >= 0.3 is 5.97 Å². The molecule has 1 amide bonds. The lowest BCUT2D eigenvalue weighted by atomic mass is 9.98. The first-order valence-electron chi connectivity index (χ1n) is 8.97. The van der Waals surface area contributed by atoms with E-state index in [-0.39, 0.29) is 5.91 Å². The van der Waals surface area contributed by atoms with Crippen molar-refractivity contribution in [3.63, 3.8) is 0 Å². The Balaban J connectivity index is 0.000000892. The third kappa shape index (κ3) is 7.36. The summed E-state index contributed by atoms with van der Waals surface area (Å²) in [4.78, 5) is 32.7. The van der Waals surface area contributed by atoms with Gasteiger partial charge in [-0.2, -0.15) is 11.8 Å². The highest BCUT2D eigenvalue weighted by Gasteiger charge is 2.28. The number of fused-ring (bicyclic) bond motifs is 1. The fourth-order valence-electron chi connectivity index (χ4n) is 2.96. The molecule has 0 bridgehead atoms. The number of carboxylic acid groups (broad SMARTS) is 2. The molecule has 0 heterocycles. The van der Waals surface area contributed by atoms with Crippen LogP contribution in [0.5, 0.6) is 0 Å². The number of carbonyl (C=O) groups is 3. The third-order valence-electron chi connectivity index (χ3n) is 4.38. The lowest BCUT2D eigenvalue weighted by Gasteiger charge is -2.18. The van der Waals surface area contributed by atoms with Gasteiger partial charge < -0.3 is 26.1 Å². The predicted molar refractivity (Wildman–Crippen MR) is 107 cm³/mol. The van der Waals surface area contributed by atoms with Crippen LogP contribution in [0.25, 0.3) is 5.57 Å². The number of amides is 1. The summed E-state index contributed by atoms with van der Waals surface area (Å²) in [6, 6.07) is 6.68. The van der Waals surface area contributed by atoms with Crippen LogP contribution in [0, 0.1) is 0 Å². The zero-order valence-electron chi connectivity index (χ0n) is 16.5. The van der Waals surface area contributed by atoms with Crippen molar-refractivity contribution in [1.82, 2.24) is 5.32 Å². The first-order chi connectivity index (χ1) is 13.2. The number of hydrogen-bond donors (Lipinski definition) is 3. The summed E-state index contributed by atoms with van der Waals surface area (Å²) in [5.74, 6) is -1.55. The smallest absolute Gasteiger partial charge is 0.326 e. The highest BCUT2D eigenvalue weighted by atomic mass is 32.2. The Morgan fingerprint density at radius 1 is 1.32 bits per heavy atom. The number of thioether (sulfide) groups is 1. The molecule has 0 aromatic heterocycles. The number of allylic oxidation sites excluding steroid dienone is 1. The zero-order valence-corrected chi connectivity index (χ0v) is 17.3. The van der Waals surface area contributed by atoms with Gasteiger partial charge in [-0.3, -0.25) is 4.79 Å². The molecule has 5 N–H and O–H groups in total. The molecule has 28 heavy (non-hydrogen) atoms. The summed E-state index contributed by atoms with van der Waals surface area (Å²) in [5.41, 5.74) is 8.36. The van der Waals surface area contributed by atoms with Crippen LogP contribution in [0.1, 0.15) is 37.8 Å². The molecule has 154 valence electrons. The molecule has 0 fully saturated rings. The Kier molecular flexibility index (Phi) is 9.75. The highest BCUT2D eigenvalue weighted by Crippen LogP contribution is 2.35. The van der Waals surface area contributed by atoms with Crippen LogP contribution in [0.4, 0.5) is 0 Å². The average molecular weight is 409 g/mol. The average Bonchev–Trinajstić information content (AvgIpc) is 2.93. The number of carbonyl (C=O) groups excluding carboxylic acids is 2. The van der Waals surface area contributed by atoms with E-state index in [1.165, 1.54) is 11.1 Å². The van der Waals surface area contributed by atoms with E-state index in [2.05, 4.69) is 17.1 Å². The molecule has 0 saturated heterocycles. The number of quaternary nitrogens is 1. The SMILES string of the molecule is CC(=O)[O-].CSCC[C@H]([NH3+])C(=O)N[C@@H](CC1=C(C)Cc2ccccc21)C(=O)O. The normalized spacial score (nSPS) is 14.4. The summed E-state index contributed by atoms with van der Waals surface area (Å²) in [7, 11) is 0. The molecular formula is C20H28N2O5S. The van der Waals surface area contributed by atoms with Gasteiger partial charge in [0.15, 0.2) is 6.04 Å². The predicted octanol–water partition coefficient (Wildman–Crippen LogP) is 0.0955. The van der Waals surface area contributed by atoms with Crippen LogP contribution < -0.4 is 16.2 Å². The van der Waals surface area contributed by atoms with Gasteiger partial charge in [0, 0.05) is 18.8 Å². The molecule has 7 nitrogen and oxygen atoms in total. The van der Waals surface area contributed by atoms with Gasteiger partial charge in [-0.1, -0.05) is 29.8 Å². The third-order valence-corrected chi connectivity index (χ3v) is 5.02. The van der Waals surface area contributed by atoms with Crippen LogP contribution in [-0.2, 0) is 20.8 Å². The summed E-state index contributed by atoms with van der Waals surface area (Å²) < 4.78 is 0. The Morgan fingerprint density at radius 2 is 1.93 bits per heavy atom. The monoisotopic (exact) mass is 408 g/mol. The van der Waals surface area contributed by atoms with E-state index in [1.54, 1.807) is 11.8 Å². The number of aliphatic carboxylic acids is 2. The van der Waals surface area contributed by atoms with Gasteiger partial charge in [-0.05, 0) is 49.0 Å². The number of rotatable bonds is 8. The van der Waals surface area contributed by atoms with Crippen molar-refractivity contribution in [3.8, 4) is 0 Å². The van der Waals surface area contributed by atoms with Crippen molar-refractivity contribution in [2.24, 2.45) is 0 Å². The van der Waals surface area contributed by atoms with Crippen LogP contribution in [-0.4, -0.2) is 47.0 Å². The van der Waals surface area contributed by atoms with E-state index in [1.807, 2.05) is 31.4 Å². The first-order valence-corrected chi connectivity index (χ1v) is 10.4. The van der Waals surface area contributed by atoms with Crippen LogP contribution in [0.3, 0.4) is 0 Å². The minimum absolute atomic E-state index is 0.291. The van der Waals surface area contributed by atoms with Gasteiger partial charge in [-0.25, -0.2) is 4.79 Å². The fourth-order valence-corrected chi connectivity index (χ4v) is 3.48. The molecule has 0 spiro atoms. The van der Waals surface area contributed by atoms with Crippen molar-refractivity contribution in [2.75, 3.05) is 12.0 Å². The minimum atomic E-state index is -1.08. The second kappa shape index (κ2) is 11.5. The Labute approximate surface area is 169 Å². The minimum Gasteiger partial charge on any atom is -0.550 e. The van der Waals surface area contributed by atoms with E-state index < -0.39 is 24.0 Å². The molecule has 0 radical (unpaired) electrons. The quantitative estimate of drug-likeness (QED) is 0.558. The molecular weight excluding hydrogens is 380 g/mol. The maximum absolute atomic E-state index is 12.2. The first kappa shape index (κ1) is 23.7. The summed E-state index contributed by atoms with van der Waals surface area (Å²) >= 11 is 1.65. The molecule has 8 heteroatoms. The largest absolute Gasteiger partial charge is 0.550 e. The standard InChI is InChI=1S/C18H24N2O3S.C2H4O2/c1-11-9-12-5-3-4-6-13(12)14(11)10-16(18(22)23)20-17(21)15(19)7-8-24-2;1-2(3)4/h3-6,15-16H,7-10,19H2,1-2H3,(H,20,21)(H,22,23);1H3,(H,3,4)/t15-,16-;/m0./s1. The number of carboxylic acids is 2. The van der Waals surface area contributed by atoms with Crippen molar-refractivity contribution >= 4 is 35.2 Å². The lowest BCUT2D eigenvalue weighted by Crippen LogP contribution is -2.68. The van der Waals surface area contributed by atoms with E-state index in [0.29, 0.717) is 12.8 Å².